The number of carbonyl (C=O) groups excluding carboxylic acids is 2. The molecule has 43 heavy (non-hydrogen) atoms. The Morgan fingerprint density at radius 3 is 2.53 bits per heavy atom. The third-order valence-corrected chi connectivity index (χ3v) is 7.72. The maximum absolute atomic E-state index is 12.9. The largest absolute Gasteiger partial charge is 0.477 e. The van der Waals surface area contributed by atoms with Gasteiger partial charge in [-0.15, -0.1) is 0 Å². The van der Waals surface area contributed by atoms with Gasteiger partial charge in [0.2, 0.25) is 17.6 Å². The summed E-state index contributed by atoms with van der Waals surface area (Å²) in [4.78, 5) is 42.2. The van der Waals surface area contributed by atoms with Crippen molar-refractivity contribution in [2.45, 2.75) is 59.1 Å². The minimum absolute atomic E-state index is 0.0212. The summed E-state index contributed by atoms with van der Waals surface area (Å²) in [5.74, 6) is 1.02. The summed E-state index contributed by atoms with van der Waals surface area (Å²) in [5, 5.41) is 10.4. The number of pyridine rings is 1. The lowest BCUT2D eigenvalue weighted by Gasteiger charge is -2.33. The molecule has 12 nitrogen and oxygen atoms in total. The van der Waals surface area contributed by atoms with Crippen LogP contribution in [0.25, 0.3) is 22.3 Å². The monoisotopic (exact) mass is 589 g/mol. The van der Waals surface area contributed by atoms with Crippen molar-refractivity contribution < 1.29 is 23.8 Å². The Balaban J connectivity index is 1.22. The van der Waals surface area contributed by atoms with Crippen molar-refractivity contribution in [3.05, 3.63) is 35.9 Å². The molecule has 0 saturated carbocycles. The van der Waals surface area contributed by atoms with Crippen LogP contribution in [-0.2, 0) is 20.8 Å². The molecule has 0 aromatic carbocycles. The molecule has 0 aliphatic carbocycles. The van der Waals surface area contributed by atoms with E-state index in [0.29, 0.717) is 69.1 Å². The lowest BCUT2D eigenvalue weighted by Crippen LogP contribution is -2.42. The van der Waals surface area contributed by atoms with Crippen LogP contribution in [0.15, 0.2) is 24.5 Å². The first-order chi connectivity index (χ1) is 20.6. The molecular weight excluding hydrogens is 550 g/mol. The van der Waals surface area contributed by atoms with Crippen LogP contribution >= 0.6 is 0 Å². The molecule has 5 rings (SSSR count). The highest BCUT2D eigenvalue weighted by molar-refractivity contribution is 5.92. The van der Waals surface area contributed by atoms with Crippen LogP contribution in [0.5, 0.6) is 5.88 Å². The number of aromatic nitrogens is 4. The quantitative estimate of drug-likeness (QED) is 0.401. The zero-order valence-corrected chi connectivity index (χ0v) is 25.3. The van der Waals surface area contributed by atoms with E-state index in [0.717, 1.165) is 35.8 Å². The number of nitrogens with zero attached hydrogens (tertiary/aromatic N) is 7. The molecular formula is C31H39N7O5. The third-order valence-electron chi connectivity index (χ3n) is 7.72. The van der Waals surface area contributed by atoms with Gasteiger partial charge in [-0.3, -0.25) is 4.79 Å². The van der Waals surface area contributed by atoms with E-state index in [-0.39, 0.29) is 24.4 Å². The number of aryl methyl sites for hydroxylation is 1. The Labute approximate surface area is 251 Å². The summed E-state index contributed by atoms with van der Waals surface area (Å²) in [6, 6.07) is 5.86. The molecule has 3 aromatic rings. The highest BCUT2D eigenvalue weighted by Crippen LogP contribution is 2.30. The van der Waals surface area contributed by atoms with Gasteiger partial charge in [-0.2, -0.15) is 5.26 Å². The van der Waals surface area contributed by atoms with E-state index in [4.69, 9.17) is 14.2 Å². The topological polar surface area (TPSA) is 136 Å². The summed E-state index contributed by atoms with van der Waals surface area (Å²) in [7, 11) is 0. The second-order valence-electron chi connectivity index (χ2n) is 12.1. The lowest BCUT2D eigenvalue weighted by molar-refractivity contribution is -0.135. The number of fused-ring (bicyclic) bond motifs is 1. The molecule has 2 aliphatic heterocycles. The number of nitriles is 1. The molecule has 3 aromatic heterocycles. The number of carbonyl (C=O) groups is 2. The average molecular weight is 590 g/mol. The zero-order chi connectivity index (χ0) is 30.6. The molecule has 12 heteroatoms. The number of rotatable bonds is 7. The number of likely N-dealkylation sites (tertiary alicyclic amines) is 1. The summed E-state index contributed by atoms with van der Waals surface area (Å²) in [6.07, 6.45) is 5.95. The third kappa shape index (κ3) is 7.40. The Hall–Kier alpha value is -4.24. The minimum atomic E-state index is -0.492. The van der Waals surface area contributed by atoms with E-state index in [1.165, 1.54) is 0 Å². The molecule has 2 amide bonds. The predicted molar refractivity (Wildman–Crippen MR) is 158 cm³/mol. The number of hydrogen-bond acceptors (Lipinski definition) is 9. The fourth-order valence-corrected chi connectivity index (χ4v) is 5.42. The van der Waals surface area contributed by atoms with Gasteiger partial charge in [-0.05, 0) is 65.0 Å². The van der Waals surface area contributed by atoms with Crippen molar-refractivity contribution in [2.75, 3.05) is 46.0 Å². The van der Waals surface area contributed by atoms with Gasteiger partial charge in [0.25, 0.3) is 0 Å². The standard InChI is InChI=1S/C31H39N7O5/c1-21-17-23(19-33-29(21)42-14-8-22-5-9-37(10-6-22)30(40)43-31(2,3)4)27-24-7-11-38(28(24)35-25(18-32)34-27)20-26(39)36-12-15-41-16-13-36/h7,11,17,19,22H,5-6,8-10,12-16,20H2,1-4H3. The first-order valence-electron chi connectivity index (χ1n) is 14.8. The van der Waals surface area contributed by atoms with Gasteiger partial charge < -0.3 is 28.6 Å². The van der Waals surface area contributed by atoms with Crippen LogP contribution < -0.4 is 4.74 Å². The lowest BCUT2D eigenvalue weighted by atomic mass is 9.94. The molecule has 2 fully saturated rings. The molecule has 228 valence electrons. The van der Waals surface area contributed by atoms with Gasteiger partial charge in [0.15, 0.2) is 0 Å². The van der Waals surface area contributed by atoms with Crippen molar-refractivity contribution >= 4 is 23.0 Å². The van der Waals surface area contributed by atoms with Crippen molar-refractivity contribution in [1.29, 1.82) is 5.26 Å². The van der Waals surface area contributed by atoms with Gasteiger partial charge in [0.05, 0.1) is 25.5 Å². The van der Waals surface area contributed by atoms with Gasteiger partial charge in [0, 0.05) is 55.1 Å². The van der Waals surface area contributed by atoms with Crippen LogP contribution in [0.3, 0.4) is 0 Å². The fourth-order valence-electron chi connectivity index (χ4n) is 5.42. The highest BCUT2D eigenvalue weighted by Gasteiger charge is 2.27. The van der Waals surface area contributed by atoms with E-state index in [1.807, 2.05) is 45.9 Å². The SMILES string of the molecule is Cc1cc(-c2nc(C#N)nc3c2ccn3CC(=O)N2CCOCC2)cnc1OCCC1CCN(C(=O)OC(C)(C)C)CC1. The number of amides is 2. The van der Waals surface area contributed by atoms with E-state index >= 15 is 0 Å². The maximum Gasteiger partial charge on any atom is 0.410 e. The smallest absolute Gasteiger partial charge is 0.410 e. The number of morpholine rings is 1. The Morgan fingerprint density at radius 2 is 1.86 bits per heavy atom. The van der Waals surface area contributed by atoms with Crippen LogP contribution in [0.4, 0.5) is 4.79 Å². The molecule has 0 N–H and O–H groups in total. The summed E-state index contributed by atoms with van der Waals surface area (Å²) in [5.41, 5.74) is 2.20. The minimum Gasteiger partial charge on any atom is -0.477 e. The second kappa shape index (κ2) is 13.0. The van der Waals surface area contributed by atoms with Crippen molar-refractivity contribution in [2.24, 2.45) is 5.92 Å². The molecule has 0 bridgehead atoms. The highest BCUT2D eigenvalue weighted by atomic mass is 16.6. The van der Waals surface area contributed by atoms with Crippen molar-refractivity contribution in [1.82, 2.24) is 29.3 Å². The Bertz CT molecular complexity index is 1510. The van der Waals surface area contributed by atoms with Crippen molar-refractivity contribution in [3.8, 4) is 23.2 Å². The van der Waals surface area contributed by atoms with Gasteiger partial charge in [-0.1, -0.05) is 0 Å². The van der Waals surface area contributed by atoms with Crippen LogP contribution in [-0.4, -0.2) is 92.9 Å². The van der Waals surface area contributed by atoms with E-state index in [2.05, 4.69) is 15.0 Å². The number of hydrogen-bond donors (Lipinski definition) is 0. The first-order valence-corrected chi connectivity index (χ1v) is 14.8. The summed E-state index contributed by atoms with van der Waals surface area (Å²) >= 11 is 0. The normalized spacial score (nSPS) is 16.3. The van der Waals surface area contributed by atoms with Crippen molar-refractivity contribution in [3.63, 3.8) is 0 Å². The Kier molecular flexibility index (Phi) is 9.11. The van der Waals surface area contributed by atoms with Crippen LogP contribution in [0.2, 0.25) is 0 Å². The van der Waals surface area contributed by atoms with Gasteiger partial charge in [-0.25, -0.2) is 19.7 Å². The summed E-state index contributed by atoms with van der Waals surface area (Å²) in [6.45, 7) is 11.8. The molecule has 0 atom stereocenters. The second-order valence-corrected chi connectivity index (χ2v) is 12.1. The maximum atomic E-state index is 12.9. The number of piperidine rings is 1. The molecule has 2 saturated heterocycles. The van der Waals surface area contributed by atoms with Gasteiger partial charge in [0.1, 0.15) is 23.9 Å². The molecule has 0 spiro atoms. The van der Waals surface area contributed by atoms with E-state index in [1.54, 1.807) is 26.8 Å². The molecule has 0 unspecified atom stereocenters. The van der Waals surface area contributed by atoms with E-state index < -0.39 is 5.60 Å². The van der Waals surface area contributed by atoms with Gasteiger partial charge >= 0.3 is 6.09 Å². The van der Waals surface area contributed by atoms with Crippen LogP contribution in [0, 0.1) is 24.2 Å². The van der Waals surface area contributed by atoms with E-state index in [9.17, 15) is 14.9 Å². The Morgan fingerprint density at radius 1 is 1.12 bits per heavy atom. The predicted octanol–water partition coefficient (Wildman–Crippen LogP) is 3.95. The average Bonchev–Trinajstić information content (AvgIpc) is 3.39. The molecule has 2 aliphatic rings. The molecule has 0 radical (unpaired) electrons. The number of ether oxygens (including phenoxy) is 3. The fraction of sp³-hybridized carbons (Fsp3) is 0.548. The first kappa shape index (κ1) is 30.2. The van der Waals surface area contributed by atoms with Crippen LogP contribution in [0.1, 0.15) is 51.4 Å². The summed E-state index contributed by atoms with van der Waals surface area (Å²) < 4.78 is 18.7. The zero-order valence-electron chi connectivity index (χ0n) is 25.3. The molecule has 5 heterocycles.